The summed E-state index contributed by atoms with van der Waals surface area (Å²) >= 11 is 3.52. The topological polar surface area (TPSA) is 126 Å². The number of amides is 3. The van der Waals surface area contributed by atoms with E-state index in [1.165, 1.54) is 6.92 Å². The molecule has 224 valence electrons. The Morgan fingerprint density at radius 1 is 1.17 bits per heavy atom. The highest BCUT2D eigenvalue weighted by Gasteiger charge is 2.36. The Labute approximate surface area is 253 Å². The maximum absolute atomic E-state index is 14.1. The fraction of sp³-hybridized carbons (Fsp3) is 0.387. The van der Waals surface area contributed by atoms with Gasteiger partial charge in [0, 0.05) is 10.0 Å². The minimum Gasteiger partial charge on any atom is -0.496 e. The van der Waals surface area contributed by atoms with E-state index < -0.39 is 41.7 Å². The first-order valence-corrected chi connectivity index (χ1v) is 14.3. The van der Waals surface area contributed by atoms with Crippen LogP contribution in [0.1, 0.15) is 38.8 Å². The van der Waals surface area contributed by atoms with Crippen LogP contribution in [-0.2, 0) is 20.9 Å². The normalized spacial score (nSPS) is 16.5. The Morgan fingerprint density at radius 3 is 2.57 bits per heavy atom. The second kappa shape index (κ2) is 12.6. The third-order valence-electron chi connectivity index (χ3n) is 6.72. The number of methoxy groups -OCH3 is 1. The Balaban J connectivity index is 1.68. The van der Waals surface area contributed by atoms with Crippen molar-refractivity contribution in [3.8, 4) is 11.5 Å². The van der Waals surface area contributed by atoms with Crippen molar-refractivity contribution in [1.29, 1.82) is 0 Å². The molecule has 1 aliphatic rings. The molecule has 0 bridgehead atoms. The maximum Gasteiger partial charge on any atom is 0.408 e. The number of carbonyl (C=O) groups is 3. The summed E-state index contributed by atoms with van der Waals surface area (Å²) in [7, 11) is 1.57. The third kappa shape index (κ3) is 7.14. The highest BCUT2D eigenvalue weighted by atomic mass is 79.9. The molecule has 42 heavy (non-hydrogen) atoms. The van der Waals surface area contributed by atoms with Gasteiger partial charge in [-0.1, -0.05) is 34.1 Å². The zero-order valence-corrected chi connectivity index (χ0v) is 26.1. The molecule has 0 saturated heterocycles. The summed E-state index contributed by atoms with van der Waals surface area (Å²) in [6.07, 6.45) is -2.14. The van der Waals surface area contributed by atoms with Crippen molar-refractivity contribution in [2.45, 2.75) is 65.0 Å². The fourth-order valence-corrected chi connectivity index (χ4v) is 5.12. The SMILES string of the molecule is COc1ccc2cc(Br)ccc2c1CN1C(=O)[C@@H](NC(=O)[C@@H](NC(=O)OC(C)(C)C)[C@@H](C)O)COc2cc(C)ccc21. The van der Waals surface area contributed by atoms with Gasteiger partial charge in [0.1, 0.15) is 35.8 Å². The molecule has 0 aliphatic carbocycles. The minimum atomic E-state index is -1.37. The molecule has 3 aromatic carbocycles. The average Bonchev–Trinajstić information content (AvgIpc) is 3.02. The maximum atomic E-state index is 14.1. The van der Waals surface area contributed by atoms with Crippen LogP contribution in [-0.4, -0.2) is 60.5 Å². The molecule has 3 amide bonds. The van der Waals surface area contributed by atoms with Gasteiger partial charge in [-0.15, -0.1) is 0 Å². The quantitative estimate of drug-likeness (QED) is 0.344. The predicted octanol–water partition coefficient (Wildman–Crippen LogP) is 4.60. The summed E-state index contributed by atoms with van der Waals surface area (Å²) in [5, 5.41) is 17.2. The van der Waals surface area contributed by atoms with Crippen molar-refractivity contribution in [3.05, 3.63) is 64.1 Å². The van der Waals surface area contributed by atoms with E-state index in [-0.39, 0.29) is 13.2 Å². The van der Waals surface area contributed by atoms with Gasteiger partial charge in [-0.05, 0) is 81.3 Å². The lowest BCUT2D eigenvalue weighted by molar-refractivity contribution is -0.131. The van der Waals surface area contributed by atoms with Crippen LogP contribution >= 0.6 is 15.9 Å². The molecule has 11 heteroatoms. The van der Waals surface area contributed by atoms with E-state index in [0.29, 0.717) is 17.2 Å². The van der Waals surface area contributed by atoms with Gasteiger partial charge in [0.2, 0.25) is 5.91 Å². The lowest BCUT2D eigenvalue weighted by Crippen LogP contribution is -2.58. The van der Waals surface area contributed by atoms with Gasteiger partial charge in [0.05, 0.1) is 25.4 Å². The number of aryl methyl sites for hydroxylation is 1. The molecule has 0 radical (unpaired) electrons. The summed E-state index contributed by atoms with van der Waals surface area (Å²) in [5.41, 5.74) is 1.45. The second-order valence-corrected chi connectivity index (χ2v) is 12.2. The van der Waals surface area contributed by atoms with Crippen molar-refractivity contribution in [3.63, 3.8) is 0 Å². The first-order chi connectivity index (χ1) is 19.8. The smallest absolute Gasteiger partial charge is 0.408 e. The highest BCUT2D eigenvalue weighted by molar-refractivity contribution is 9.10. The number of halogens is 1. The number of anilines is 1. The minimum absolute atomic E-state index is 0.128. The molecular weight excluding hydrogens is 606 g/mol. The van der Waals surface area contributed by atoms with E-state index >= 15 is 0 Å². The molecule has 0 spiro atoms. The van der Waals surface area contributed by atoms with Crippen molar-refractivity contribution in [2.24, 2.45) is 0 Å². The molecule has 0 unspecified atom stereocenters. The van der Waals surface area contributed by atoms with E-state index in [4.69, 9.17) is 14.2 Å². The molecular formula is C31H36BrN3O7. The van der Waals surface area contributed by atoms with E-state index in [1.54, 1.807) is 32.8 Å². The Bertz CT molecular complexity index is 1500. The number of nitrogens with zero attached hydrogens (tertiary/aromatic N) is 1. The largest absolute Gasteiger partial charge is 0.496 e. The zero-order valence-electron chi connectivity index (χ0n) is 24.5. The Kier molecular flexibility index (Phi) is 9.32. The van der Waals surface area contributed by atoms with Crippen molar-refractivity contribution in [2.75, 3.05) is 18.6 Å². The summed E-state index contributed by atoms with van der Waals surface area (Å²) < 4.78 is 17.9. The molecule has 4 rings (SSSR count). The summed E-state index contributed by atoms with van der Waals surface area (Å²) in [6, 6.07) is 12.7. The molecule has 3 atom stereocenters. The van der Waals surface area contributed by atoms with Gasteiger partial charge in [-0.3, -0.25) is 9.59 Å². The summed E-state index contributed by atoms with van der Waals surface area (Å²) in [5.74, 6) is -0.0926. The number of alkyl carbamates (subject to hydrolysis) is 1. The molecule has 10 nitrogen and oxygen atoms in total. The van der Waals surface area contributed by atoms with Gasteiger partial charge in [0.25, 0.3) is 5.91 Å². The number of benzene rings is 3. The highest BCUT2D eigenvalue weighted by Crippen LogP contribution is 2.37. The zero-order chi connectivity index (χ0) is 30.8. The first-order valence-electron chi connectivity index (χ1n) is 13.6. The third-order valence-corrected chi connectivity index (χ3v) is 7.21. The van der Waals surface area contributed by atoms with Crippen molar-refractivity contribution in [1.82, 2.24) is 10.6 Å². The number of fused-ring (bicyclic) bond motifs is 2. The molecule has 0 saturated carbocycles. The monoisotopic (exact) mass is 641 g/mol. The number of nitrogens with one attached hydrogen (secondary N) is 2. The standard InChI is InChI=1S/C31H36BrN3O7/c1-17-7-11-24-26(13-17)41-16-23(33-28(37)27(18(2)36)34-30(39)42-31(3,4)5)29(38)35(24)15-22-21-10-9-20(32)14-19(21)8-12-25(22)40-6/h7-14,18,23,27,36H,15-16H2,1-6H3,(H,33,37)(H,34,39)/t18-,23+,27+/m1/s1. The molecule has 1 aliphatic heterocycles. The van der Waals surface area contributed by atoms with Crippen LogP contribution in [0.2, 0.25) is 0 Å². The van der Waals surface area contributed by atoms with E-state index in [9.17, 15) is 19.5 Å². The molecule has 0 fully saturated rings. The van der Waals surface area contributed by atoms with Crippen LogP contribution < -0.4 is 25.0 Å². The molecule has 0 aromatic heterocycles. The number of aliphatic hydroxyl groups is 1. The first kappa shape index (κ1) is 31.1. The van der Waals surface area contributed by atoms with Gasteiger partial charge in [-0.25, -0.2) is 4.79 Å². The number of ether oxygens (including phenoxy) is 3. The predicted molar refractivity (Wildman–Crippen MR) is 163 cm³/mol. The van der Waals surface area contributed by atoms with Gasteiger partial charge >= 0.3 is 6.09 Å². The van der Waals surface area contributed by atoms with E-state index in [0.717, 1.165) is 26.4 Å². The van der Waals surface area contributed by atoms with Gasteiger partial charge < -0.3 is 34.9 Å². The lowest BCUT2D eigenvalue weighted by Gasteiger charge is -2.28. The second-order valence-electron chi connectivity index (χ2n) is 11.2. The molecule has 3 N–H and O–H groups in total. The van der Waals surface area contributed by atoms with Crippen LogP contribution in [0.25, 0.3) is 10.8 Å². The van der Waals surface area contributed by atoms with Crippen molar-refractivity contribution >= 4 is 50.3 Å². The van der Waals surface area contributed by atoms with Gasteiger partial charge in [-0.2, -0.15) is 0 Å². The van der Waals surface area contributed by atoms with Crippen LogP contribution in [0.5, 0.6) is 11.5 Å². The summed E-state index contributed by atoms with van der Waals surface area (Å²) in [6.45, 7) is 8.30. The number of hydrogen-bond donors (Lipinski definition) is 3. The summed E-state index contributed by atoms with van der Waals surface area (Å²) in [4.78, 5) is 41.4. The van der Waals surface area contributed by atoms with E-state index in [2.05, 4.69) is 26.6 Å². The lowest BCUT2D eigenvalue weighted by atomic mass is 10.0. The van der Waals surface area contributed by atoms with Crippen LogP contribution in [0.4, 0.5) is 10.5 Å². The average molecular weight is 643 g/mol. The number of hydrogen-bond acceptors (Lipinski definition) is 7. The van der Waals surface area contributed by atoms with Crippen LogP contribution in [0, 0.1) is 6.92 Å². The van der Waals surface area contributed by atoms with Crippen LogP contribution in [0.15, 0.2) is 53.0 Å². The Morgan fingerprint density at radius 2 is 1.90 bits per heavy atom. The van der Waals surface area contributed by atoms with E-state index in [1.807, 2.05) is 55.5 Å². The van der Waals surface area contributed by atoms with Crippen molar-refractivity contribution < 1.29 is 33.7 Å². The number of aliphatic hydroxyl groups excluding tert-OH is 1. The number of carbonyl (C=O) groups excluding carboxylic acids is 3. The Hall–Kier alpha value is -3.83. The molecule has 3 aromatic rings. The van der Waals surface area contributed by atoms with Crippen LogP contribution in [0.3, 0.4) is 0 Å². The fourth-order valence-electron chi connectivity index (χ4n) is 4.74. The van der Waals surface area contributed by atoms with Gasteiger partial charge in [0.15, 0.2) is 0 Å². The number of rotatable bonds is 7. The molecule has 1 heterocycles.